The number of allylic oxidation sites excluding steroid dienone is 1. The van der Waals surface area contributed by atoms with E-state index in [0.29, 0.717) is 23.0 Å². The molecule has 3 saturated carbocycles. The van der Waals surface area contributed by atoms with Gasteiger partial charge in [-0.2, -0.15) is 8.42 Å². The Morgan fingerprint density at radius 1 is 1.07 bits per heavy atom. The molecular weight excluding hydrogens is 379 g/mol. The van der Waals surface area contributed by atoms with Crippen LogP contribution >= 0.6 is 0 Å². The number of aliphatic hydroxyl groups is 1. The van der Waals surface area contributed by atoms with Gasteiger partial charge in [0.2, 0.25) is 0 Å². The monoisotopic (exact) mass is 410 g/mol. The first-order valence-corrected chi connectivity index (χ1v) is 11.0. The van der Waals surface area contributed by atoms with Crippen LogP contribution in [0.3, 0.4) is 0 Å². The molecule has 0 heterocycles. The average molecular weight is 411 g/mol. The molecule has 0 aromatic rings. The number of carbonyl (C=O) groups is 1. The van der Waals surface area contributed by atoms with Crippen molar-refractivity contribution in [3.63, 3.8) is 0 Å². The van der Waals surface area contributed by atoms with Crippen molar-refractivity contribution < 1.29 is 58.4 Å². The van der Waals surface area contributed by atoms with Gasteiger partial charge in [0.25, 0.3) is 0 Å². The molecule has 0 bridgehead atoms. The first-order valence-electron chi connectivity index (χ1n) is 9.56. The first kappa shape index (κ1) is 23.5. The van der Waals surface area contributed by atoms with Gasteiger partial charge in [-0.3, -0.25) is 13.9 Å². The third kappa shape index (κ3) is 4.55. The number of hydrogen-bond acceptors (Lipinski definition) is 4. The zero-order valence-corrected chi connectivity index (χ0v) is 19.3. The van der Waals surface area contributed by atoms with E-state index in [9.17, 15) is 9.90 Å². The summed E-state index contributed by atoms with van der Waals surface area (Å²) in [4.78, 5) is 12.4. The number of fused-ring (bicyclic) bond motifs is 5. The number of aliphatic hydroxyl groups excluding tert-OH is 1. The summed E-state index contributed by atoms with van der Waals surface area (Å²) in [5.41, 5.74) is 1.81. The van der Waals surface area contributed by atoms with Gasteiger partial charge in [-0.05, 0) is 68.1 Å². The van der Waals surface area contributed by atoms with Gasteiger partial charge in [0, 0.05) is 11.8 Å². The summed E-state index contributed by atoms with van der Waals surface area (Å²) in [6.07, 6.45) is 10.7. The molecule has 8 heteroatoms. The van der Waals surface area contributed by atoms with Crippen molar-refractivity contribution >= 4 is 16.2 Å². The molecule has 4 rings (SSSR count). The summed E-state index contributed by atoms with van der Waals surface area (Å²) in [7, 11) is -4.67. The van der Waals surface area contributed by atoms with Crippen molar-refractivity contribution in [3.8, 4) is 0 Å². The number of hydrogen-bond donors (Lipinski definition) is 3. The second-order valence-electron chi connectivity index (χ2n) is 9.02. The molecule has 0 radical (unpaired) electrons. The van der Waals surface area contributed by atoms with Gasteiger partial charge in [0.05, 0.1) is 6.10 Å². The Bertz CT molecular complexity index is 718. The van der Waals surface area contributed by atoms with Crippen molar-refractivity contribution in [1.29, 1.82) is 0 Å². The molecule has 4 aliphatic rings. The third-order valence-corrected chi connectivity index (χ3v) is 7.79. The minimum absolute atomic E-state index is 0. The molecule has 0 amide bonds. The molecule has 3 fully saturated rings. The average Bonchev–Trinajstić information content (AvgIpc) is 2.82. The minimum Gasteiger partial charge on any atom is -1.00 e. The smallest absolute Gasteiger partial charge is 1.00 e. The van der Waals surface area contributed by atoms with Crippen LogP contribution in [0.5, 0.6) is 0 Å². The first-order chi connectivity index (χ1) is 11.9. The maximum absolute atomic E-state index is 12.4. The SMILES string of the molecule is C[C@]12CC[C@H](O)CC1=CC[C@@H]1[C@@H]2CC[C@]2(C)C(=O)CC[C@@H]12.O=S(=O)(O)O.[H-].[Na+]. The Hall–Kier alpha value is 0.240. The maximum Gasteiger partial charge on any atom is 1.00 e. The van der Waals surface area contributed by atoms with Crippen molar-refractivity contribution in [3.05, 3.63) is 11.6 Å². The predicted molar refractivity (Wildman–Crippen MR) is 98.0 cm³/mol. The second kappa shape index (κ2) is 8.17. The topological polar surface area (TPSA) is 112 Å². The van der Waals surface area contributed by atoms with Gasteiger partial charge in [-0.25, -0.2) is 0 Å². The maximum atomic E-state index is 12.4. The van der Waals surface area contributed by atoms with E-state index in [-0.39, 0.29) is 42.5 Å². The molecular formula is C19H31NaO6S. The van der Waals surface area contributed by atoms with Crippen LogP contribution in [-0.2, 0) is 15.2 Å². The fourth-order valence-corrected chi connectivity index (χ4v) is 6.41. The molecule has 4 aliphatic carbocycles. The van der Waals surface area contributed by atoms with Crippen LogP contribution in [0.15, 0.2) is 11.6 Å². The molecule has 0 spiro atoms. The van der Waals surface area contributed by atoms with Gasteiger partial charge < -0.3 is 6.53 Å². The summed E-state index contributed by atoms with van der Waals surface area (Å²) in [5.74, 6) is 2.60. The number of Topliss-reactive ketones (excluding diaryl/α,β-unsaturated/α-hetero) is 1. The van der Waals surface area contributed by atoms with Crippen LogP contribution in [0.25, 0.3) is 0 Å². The van der Waals surface area contributed by atoms with E-state index < -0.39 is 10.4 Å². The fraction of sp³-hybridized carbons (Fsp3) is 0.842. The Balaban J connectivity index is 0.000000504. The summed E-state index contributed by atoms with van der Waals surface area (Å²) < 4.78 is 31.6. The molecule has 6 nitrogen and oxygen atoms in total. The normalized spacial score (nSPS) is 43.1. The van der Waals surface area contributed by atoms with E-state index in [1.54, 1.807) is 0 Å². The van der Waals surface area contributed by atoms with Gasteiger partial charge in [-0.15, -0.1) is 0 Å². The van der Waals surface area contributed by atoms with Crippen molar-refractivity contribution in [2.45, 2.75) is 71.3 Å². The predicted octanol–water partition coefficient (Wildman–Crippen LogP) is 0.343. The molecule has 0 saturated heterocycles. The van der Waals surface area contributed by atoms with Crippen molar-refractivity contribution in [2.24, 2.45) is 28.6 Å². The molecule has 3 N–H and O–H groups in total. The number of ketones is 1. The van der Waals surface area contributed by atoms with Crippen LogP contribution in [0.4, 0.5) is 0 Å². The van der Waals surface area contributed by atoms with Crippen molar-refractivity contribution in [1.82, 2.24) is 0 Å². The Kier molecular flexibility index (Phi) is 7.11. The zero-order chi connectivity index (χ0) is 19.3. The number of rotatable bonds is 0. The molecule has 0 unspecified atom stereocenters. The van der Waals surface area contributed by atoms with E-state index in [2.05, 4.69) is 19.9 Å². The summed E-state index contributed by atoms with van der Waals surface area (Å²) >= 11 is 0. The van der Waals surface area contributed by atoms with E-state index >= 15 is 0 Å². The fourth-order valence-electron chi connectivity index (χ4n) is 6.41. The van der Waals surface area contributed by atoms with Gasteiger partial charge in [0.1, 0.15) is 5.78 Å². The third-order valence-electron chi connectivity index (χ3n) is 7.79. The van der Waals surface area contributed by atoms with Gasteiger partial charge >= 0.3 is 40.0 Å². The quantitative estimate of drug-likeness (QED) is 0.302. The molecule has 0 aromatic heterocycles. The van der Waals surface area contributed by atoms with E-state index in [1.165, 1.54) is 12.0 Å². The zero-order valence-electron chi connectivity index (χ0n) is 17.5. The van der Waals surface area contributed by atoms with Crippen molar-refractivity contribution in [2.75, 3.05) is 0 Å². The van der Waals surface area contributed by atoms with E-state index in [1.807, 2.05) is 0 Å². The Morgan fingerprint density at radius 3 is 2.26 bits per heavy atom. The Labute approximate surface area is 185 Å². The summed E-state index contributed by atoms with van der Waals surface area (Å²) in [6, 6.07) is 0. The van der Waals surface area contributed by atoms with Crippen LogP contribution in [-0.4, -0.2) is 34.5 Å². The van der Waals surface area contributed by atoms with Crippen LogP contribution in [0.2, 0.25) is 0 Å². The minimum atomic E-state index is -4.67. The largest absolute Gasteiger partial charge is 1.00 e. The van der Waals surface area contributed by atoms with Gasteiger partial charge in [0.15, 0.2) is 0 Å². The number of carbonyl (C=O) groups excluding carboxylic acids is 1. The van der Waals surface area contributed by atoms with Crippen LogP contribution < -0.4 is 29.6 Å². The molecule has 150 valence electrons. The second-order valence-corrected chi connectivity index (χ2v) is 9.92. The molecule has 0 aliphatic heterocycles. The van der Waals surface area contributed by atoms with Gasteiger partial charge in [-0.1, -0.05) is 25.5 Å². The van der Waals surface area contributed by atoms with E-state index in [4.69, 9.17) is 17.5 Å². The van der Waals surface area contributed by atoms with Crippen LogP contribution in [0, 0.1) is 28.6 Å². The Morgan fingerprint density at radius 2 is 1.63 bits per heavy atom. The molecule has 0 aromatic carbocycles. The van der Waals surface area contributed by atoms with Crippen LogP contribution in [0.1, 0.15) is 66.6 Å². The summed E-state index contributed by atoms with van der Waals surface area (Å²) in [5, 5.41) is 10.00. The standard InChI is InChI=1S/C19H28O2.Na.H2O4S.H/c1-18-9-7-13(20)11-12(18)3-4-14-15-5-6-17(21)19(15,2)10-8-16(14)18;;1-5(2,3)4;/h3,13-16,20H,4-11H2,1-2H3;;(H2,1,2,3,4);/q;+1;;-1/t13-,14-,15-,16-,18-,19-;;;/m0.../s1. The molecule has 6 atom stereocenters. The van der Waals surface area contributed by atoms with E-state index in [0.717, 1.165) is 50.9 Å². The summed E-state index contributed by atoms with van der Waals surface area (Å²) in [6.45, 7) is 4.69. The molecule has 27 heavy (non-hydrogen) atoms.